The number of carboxylic acids is 1. The van der Waals surface area contributed by atoms with Gasteiger partial charge in [-0.05, 0) is 55.7 Å². The Morgan fingerprint density at radius 2 is 1.62 bits per heavy atom. The molecule has 0 aromatic heterocycles. The third kappa shape index (κ3) is 3.93. The standard InChI is InChI=1S/C19H19NO4/c21-18(20-15-9-6-14(12-15)19(22)23)13-7-10-17(11-8-13)24-16-4-2-1-3-5-16/h1-5,7-8,10-11,14-15H,6,9,12H2,(H,20,21)(H,22,23)/t14-,15+/m0/s1. The van der Waals surface area contributed by atoms with Crippen LogP contribution in [0.25, 0.3) is 0 Å². The van der Waals surface area contributed by atoms with Crippen molar-refractivity contribution >= 4 is 11.9 Å². The number of hydrogen-bond donors (Lipinski definition) is 2. The molecular formula is C19H19NO4. The van der Waals surface area contributed by atoms with Crippen LogP contribution in [0.3, 0.4) is 0 Å². The van der Waals surface area contributed by atoms with E-state index in [1.54, 1.807) is 24.3 Å². The van der Waals surface area contributed by atoms with Crippen LogP contribution in [0.15, 0.2) is 54.6 Å². The molecule has 0 bridgehead atoms. The van der Waals surface area contributed by atoms with E-state index in [9.17, 15) is 9.59 Å². The molecule has 1 aliphatic rings. The van der Waals surface area contributed by atoms with Gasteiger partial charge in [0.15, 0.2) is 0 Å². The van der Waals surface area contributed by atoms with Crippen LogP contribution in [0.2, 0.25) is 0 Å². The molecule has 0 aliphatic heterocycles. The Kier molecular flexibility index (Phi) is 4.79. The SMILES string of the molecule is O=C(N[C@@H]1CC[C@H](C(=O)O)C1)c1ccc(Oc2ccccc2)cc1. The van der Waals surface area contributed by atoms with Crippen LogP contribution in [0.4, 0.5) is 0 Å². The second kappa shape index (κ2) is 7.17. The van der Waals surface area contributed by atoms with E-state index in [4.69, 9.17) is 9.84 Å². The van der Waals surface area contributed by atoms with Gasteiger partial charge in [0, 0.05) is 11.6 Å². The number of para-hydroxylation sites is 1. The number of carbonyl (C=O) groups excluding carboxylic acids is 1. The highest BCUT2D eigenvalue weighted by Crippen LogP contribution is 2.26. The Morgan fingerprint density at radius 3 is 2.25 bits per heavy atom. The fourth-order valence-corrected chi connectivity index (χ4v) is 2.90. The van der Waals surface area contributed by atoms with Crippen LogP contribution >= 0.6 is 0 Å². The number of hydrogen-bond acceptors (Lipinski definition) is 3. The molecule has 0 radical (unpaired) electrons. The average molecular weight is 325 g/mol. The maximum atomic E-state index is 12.2. The first-order valence-corrected chi connectivity index (χ1v) is 7.98. The van der Waals surface area contributed by atoms with E-state index in [1.165, 1.54) is 0 Å². The molecule has 1 amide bonds. The number of nitrogens with one attached hydrogen (secondary N) is 1. The molecule has 1 saturated carbocycles. The third-order valence-corrected chi connectivity index (χ3v) is 4.21. The van der Waals surface area contributed by atoms with E-state index in [0.29, 0.717) is 30.6 Å². The quantitative estimate of drug-likeness (QED) is 0.882. The summed E-state index contributed by atoms with van der Waals surface area (Å²) in [7, 11) is 0. The highest BCUT2D eigenvalue weighted by Gasteiger charge is 2.30. The number of amides is 1. The fraction of sp³-hybridized carbons (Fsp3) is 0.263. The second-order valence-corrected chi connectivity index (χ2v) is 5.96. The van der Waals surface area contributed by atoms with Crippen molar-refractivity contribution in [2.75, 3.05) is 0 Å². The minimum absolute atomic E-state index is 0.0705. The van der Waals surface area contributed by atoms with Gasteiger partial charge in [0.05, 0.1) is 5.92 Å². The number of aliphatic carboxylic acids is 1. The van der Waals surface area contributed by atoms with Crippen LogP contribution < -0.4 is 10.1 Å². The second-order valence-electron chi connectivity index (χ2n) is 5.96. The van der Waals surface area contributed by atoms with E-state index in [-0.39, 0.29) is 17.9 Å². The van der Waals surface area contributed by atoms with Gasteiger partial charge < -0.3 is 15.2 Å². The maximum Gasteiger partial charge on any atom is 0.306 e. The first-order chi connectivity index (χ1) is 11.6. The Bertz CT molecular complexity index is 712. The van der Waals surface area contributed by atoms with Gasteiger partial charge in [-0.2, -0.15) is 0 Å². The van der Waals surface area contributed by atoms with Gasteiger partial charge in [0.2, 0.25) is 0 Å². The molecule has 2 N–H and O–H groups in total. The van der Waals surface area contributed by atoms with Crippen molar-refractivity contribution in [3.8, 4) is 11.5 Å². The van der Waals surface area contributed by atoms with Gasteiger partial charge in [-0.25, -0.2) is 0 Å². The lowest BCUT2D eigenvalue weighted by atomic mass is 10.1. The smallest absolute Gasteiger partial charge is 0.306 e. The zero-order valence-electron chi connectivity index (χ0n) is 13.1. The van der Waals surface area contributed by atoms with Crippen LogP contribution in [0, 0.1) is 5.92 Å². The lowest BCUT2D eigenvalue weighted by molar-refractivity contribution is -0.141. The zero-order chi connectivity index (χ0) is 16.9. The summed E-state index contributed by atoms with van der Waals surface area (Å²) in [5.74, 6) is 0.0772. The summed E-state index contributed by atoms with van der Waals surface area (Å²) in [5.41, 5.74) is 0.536. The van der Waals surface area contributed by atoms with Crippen molar-refractivity contribution in [1.82, 2.24) is 5.32 Å². The summed E-state index contributed by atoms with van der Waals surface area (Å²) in [6.07, 6.45) is 1.82. The molecule has 124 valence electrons. The van der Waals surface area contributed by atoms with E-state index in [1.807, 2.05) is 30.3 Å². The van der Waals surface area contributed by atoms with Crippen LogP contribution in [-0.4, -0.2) is 23.0 Å². The zero-order valence-corrected chi connectivity index (χ0v) is 13.1. The van der Waals surface area contributed by atoms with Crippen LogP contribution in [0.1, 0.15) is 29.6 Å². The fourth-order valence-electron chi connectivity index (χ4n) is 2.90. The van der Waals surface area contributed by atoms with E-state index in [2.05, 4.69) is 5.32 Å². The van der Waals surface area contributed by atoms with Gasteiger partial charge in [0.1, 0.15) is 11.5 Å². The van der Waals surface area contributed by atoms with Crippen molar-refractivity contribution in [2.24, 2.45) is 5.92 Å². The van der Waals surface area contributed by atoms with Crippen molar-refractivity contribution in [3.63, 3.8) is 0 Å². The molecule has 2 atom stereocenters. The monoisotopic (exact) mass is 325 g/mol. The van der Waals surface area contributed by atoms with Gasteiger partial charge in [-0.15, -0.1) is 0 Å². The maximum absolute atomic E-state index is 12.2. The van der Waals surface area contributed by atoms with Crippen LogP contribution in [-0.2, 0) is 4.79 Å². The molecular weight excluding hydrogens is 306 g/mol. The molecule has 1 fully saturated rings. The molecule has 1 aliphatic carbocycles. The Hall–Kier alpha value is -2.82. The summed E-state index contributed by atoms with van der Waals surface area (Å²) in [5, 5.41) is 11.9. The first kappa shape index (κ1) is 16.1. The third-order valence-electron chi connectivity index (χ3n) is 4.21. The average Bonchev–Trinajstić information content (AvgIpc) is 3.05. The predicted octanol–water partition coefficient (Wildman–Crippen LogP) is 3.46. The lowest BCUT2D eigenvalue weighted by Gasteiger charge is -2.13. The minimum Gasteiger partial charge on any atom is -0.481 e. The number of ether oxygens (including phenoxy) is 1. The van der Waals surface area contributed by atoms with Crippen molar-refractivity contribution < 1.29 is 19.4 Å². The van der Waals surface area contributed by atoms with Gasteiger partial charge in [-0.1, -0.05) is 18.2 Å². The Labute approximate surface area is 140 Å². The molecule has 3 rings (SSSR count). The first-order valence-electron chi connectivity index (χ1n) is 7.98. The molecule has 0 spiro atoms. The molecule has 2 aromatic carbocycles. The highest BCUT2D eigenvalue weighted by atomic mass is 16.5. The van der Waals surface area contributed by atoms with Gasteiger partial charge in [0.25, 0.3) is 5.91 Å². The molecule has 0 unspecified atom stereocenters. The van der Waals surface area contributed by atoms with Crippen molar-refractivity contribution in [3.05, 3.63) is 60.2 Å². The summed E-state index contributed by atoms with van der Waals surface area (Å²) in [6.45, 7) is 0. The molecule has 5 nitrogen and oxygen atoms in total. The summed E-state index contributed by atoms with van der Waals surface area (Å²) < 4.78 is 5.69. The summed E-state index contributed by atoms with van der Waals surface area (Å²) in [6, 6.07) is 16.3. The van der Waals surface area contributed by atoms with Gasteiger partial charge >= 0.3 is 5.97 Å². The number of benzene rings is 2. The number of rotatable bonds is 5. The van der Waals surface area contributed by atoms with Crippen molar-refractivity contribution in [2.45, 2.75) is 25.3 Å². The normalized spacial score (nSPS) is 19.7. The van der Waals surface area contributed by atoms with Crippen LogP contribution in [0.5, 0.6) is 11.5 Å². The molecule has 2 aromatic rings. The van der Waals surface area contributed by atoms with E-state index < -0.39 is 5.97 Å². The predicted molar refractivity (Wildman–Crippen MR) is 89.2 cm³/mol. The summed E-state index contributed by atoms with van der Waals surface area (Å²) in [4.78, 5) is 23.2. The molecule has 0 saturated heterocycles. The topological polar surface area (TPSA) is 75.6 Å². The van der Waals surface area contributed by atoms with Crippen molar-refractivity contribution in [1.29, 1.82) is 0 Å². The molecule has 0 heterocycles. The van der Waals surface area contributed by atoms with E-state index in [0.717, 1.165) is 5.75 Å². The number of carboxylic acid groups (broad SMARTS) is 1. The molecule has 24 heavy (non-hydrogen) atoms. The largest absolute Gasteiger partial charge is 0.481 e. The minimum atomic E-state index is -0.783. The van der Waals surface area contributed by atoms with E-state index >= 15 is 0 Å². The number of carbonyl (C=O) groups is 2. The van der Waals surface area contributed by atoms with Gasteiger partial charge in [-0.3, -0.25) is 9.59 Å². The lowest BCUT2D eigenvalue weighted by Crippen LogP contribution is -2.33. The Balaban J connectivity index is 1.57. The molecule has 5 heteroatoms. The Morgan fingerprint density at radius 1 is 0.958 bits per heavy atom. The summed E-state index contributed by atoms with van der Waals surface area (Å²) >= 11 is 0. The highest BCUT2D eigenvalue weighted by molar-refractivity contribution is 5.94.